The van der Waals surface area contributed by atoms with E-state index in [0.717, 1.165) is 42.6 Å². The number of Topliss-reactive ketones (excluding diaryl/α,β-unsaturated/α-hetero) is 2. The summed E-state index contributed by atoms with van der Waals surface area (Å²) < 4.78 is 9.50. The van der Waals surface area contributed by atoms with Crippen LogP contribution in [0, 0.1) is 12.8 Å². The van der Waals surface area contributed by atoms with Crippen LogP contribution in [0.3, 0.4) is 0 Å². The van der Waals surface area contributed by atoms with E-state index in [9.17, 15) is 19.1 Å². The van der Waals surface area contributed by atoms with Crippen LogP contribution < -0.4 is 0 Å². The van der Waals surface area contributed by atoms with Crippen LogP contribution in [0.2, 0.25) is 0 Å². The number of aliphatic hydroxyl groups is 1. The minimum absolute atomic E-state index is 0.000415. The molecule has 0 saturated heterocycles. The molecule has 0 spiro atoms. The number of unbranched alkanes of at least 4 members (excludes halogenated alkanes) is 1. The lowest BCUT2D eigenvalue weighted by Crippen LogP contribution is -2.13. The van der Waals surface area contributed by atoms with Crippen LogP contribution in [0.4, 0.5) is 4.39 Å². The lowest BCUT2D eigenvalue weighted by atomic mass is 9.92. The summed E-state index contributed by atoms with van der Waals surface area (Å²) in [6, 6.07) is 7.53. The number of halogens is 1. The molecule has 1 aromatic carbocycles. The Morgan fingerprint density at radius 1 is 1.03 bits per heavy atom. The number of aliphatic hydroxyl groups excluding tert-OH is 1. The molecule has 0 fully saturated rings. The summed E-state index contributed by atoms with van der Waals surface area (Å²) in [5, 5.41) is 9.71. The van der Waals surface area contributed by atoms with E-state index in [-0.39, 0.29) is 24.1 Å². The van der Waals surface area contributed by atoms with E-state index in [1.54, 1.807) is 18.5 Å². The number of aryl methyl sites for hydroxylation is 1. The molecule has 1 aromatic heterocycles. The Hall–Kier alpha value is -3.25. The fraction of sp³-hybridized carbons (Fsp3) is 0.438. The minimum atomic E-state index is 0.000415. The van der Waals surface area contributed by atoms with E-state index in [1.807, 2.05) is 58.0 Å². The third-order valence-electron chi connectivity index (χ3n) is 5.20. The molecule has 0 aliphatic rings. The van der Waals surface area contributed by atoms with Gasteiger partial charge in [0.2, 0.25) is 0 Å². The molecular weight excluding hydrogens is 479 g/mol. The zero-order chi connectivity index (χ0) is 29.3. The minimum Gasteiger partial charge on any atom is -0.396 e. The van der Waals surface area contributed by atoms with Crippen molar-refractivity contribution in [3.05, 3.63) is 84.5 Å². The highest BCUT2D eigenvalue weighted by atomic mass is 19.1. The van der Waals surface area contributed by atoms with Gasteiger partial charge < -0.3 is 9.90 Å². The van der Waals surface area contributed by atoms with Crippen molar-refractivity contribution in [2.45, 2.75) is 73.6 Å². The zero-order valence-electron chi connectivity index (χ0n) is 24.3. The second-order valence-electron chi connectivity index (χ2n) is 8.38. The van der Waals surface area contributed by atoms with E-state index in [1.165, 1.54) is 19.4 Å². The first kappa shape index (κ1) is 36.9. The van der Waals surface area contributed by atoms with Crippen LogP contribution in [0.25, 0.3) is 11.1 Å². The molecular formula is C32H47FN2O3. The molecule has 0 saturated carbocycles. The highest BCUT2D eigenvalue weighted by Crippen LogP contribution is 2.21. The maximum atomic E-state index is 12.6. The standard InChI is InChI=1S/C26H32N2O2.C3H6O.C2H6.CH3F/c1-4-6-9-21(5-2)10-7-8-11-22(19-29)16-26(30)24-14-12-23(13-15-24)25-17-27-20(3)28-18-25;1-3(2)4;2*1-2/h4-6,9,12-15,17-18,22,29H,1,7-8,10-11,16,19H2,2-3H3;1-2H3;1-2H3;1H3/b9-6-,21-5+;;;. The van der Waals surface area contributed by atoms with Gasteiger partial charge in [-0.05, 0) is 58.4 Å². The van der Waals surface area contributed by atoms with Gasteiger partial charge in [0.15, 0.2) is 5.78 Å². The SMILES string of the molecule is C=C/C=C\C(=C/C)CCCCC(CO)CC(=O)c1ccc(-c2cnc(C)nc2)cc1.CC.CC(C)=O.CF. The van der Waals surface area contributed by atoms with Gasteiger partial charge in [-0.3, -0.25) is 9.18 Å². The van der Waals surface area contributed by atoms with Crippen LogP contribution >= 0.6 is 0 Å². The van der Waals surface area contributed by atoms with Crippen molar-refractivity contribution < 1.29 is 19.1 Å². The first-order valence-electron chi connectivity index (χ1n) is 13.1. The molecule has 0 radical (unpaired) electrons. The number of carbonyl (C=O) groups excluding carboxylic acids is 2. The predicted molar refractivity (Wildman–Crippen MR) is 158 cm³/mol. The lowest BCUT2D eigenvalue weighted by Gasteiger charge is -2.13. The largest absolute Gasteiger partial charge is 0.396 e. The summed E-state index contributed by atoms with van der Waals surface area (Å²) in [4.78, 5) is 30.5. The van der Waals surface area contributed by atoms with Gasteiger partial charge in [-0.15, -0.1) is 0 Å². The van der Waals surface area contributed by atoms with Gasteiger partial charge in [-0.1, -0.05) is 81.0 Å². The molecule has 1 atom stereocenters. The van der Waals surface area contributed by atoms with Crippen molar-refractivity contribution in [3.63, 3.8) is 0 Å². The van der Waals surface area contributed by atoms with Crippen molar-refractivity contribution in [2.75, 3.05) is 13.8 Å². The Morgan fingerprint density at radius 2 is 1.58 bits per heavy atom. The maximum absolute atomic E-state index is 12.6. The third kappa shape index (κ3) is 17.2. The van der Waals surface area contributed by atoms with Crippen molar-refractivity contribution in [1.82, 2.24) is 9.97 Å². The van der Waals surface area contributed by atoms with Crippen LogP contribution in [0.5, 0.6) is 0 Å². The Balaban J connectivity index is 0. The number of alkyl halides is 1. The molecule has 0 bridgehead atoms. The highest BCUT2D eigenvalue weighted by Gasteiger charge is 2.15. The molecule has 1 N–H and O–H groups in total. The zero-order valence-corrected chi connectivity index (χ0v) is 24.3. The summed E-state index contributed by atoms with van der Waals surface area (Å²) >= 11 is 0. The Morgan fingerprint density at radius 3 is 2.05 bits per heavy atom. The average Bonchev–Trinajstić information content (AvgIpc) is 2.94. The van der Waals surface area contributed by atoms with Gasteiger partial charge in [0.1, 0.15) is 11.6 Å². The van der Waals surface area contributed by atoms with E-state index in [0.29, 0.717) is 19.2 Å². The van der Waals surface area contributed by atoms with Crippen LogP contribution in [-0.2, 0) is 4.79 Å². The van der Waals surface area contributed by atoms with Crippen molar-refractivity contribution >= 4 is 11.6 Å². The molecule has 2 rings (SSSR count). The second-order valence-corrected chi connectivity index (χ2v) is 8.38. The van der Waals surface area contributed by atoms with Crippen molar-refractivity contribution in [1.29, 1.82) is 0 Å². The average molecular weight is 527 g/mol. The Labute approximate surface area is 229 Å². The smallest absolute Gasteiger partial charge is 0.163 e. The van der Waals surface area contributed by atoms with E-state index >= 15 is 0 Å². The number of hydrogen-bond acceptors (Lipinski definition) is 5. The molecule has 38 heavy (non-hydrogen) atoms. The fourth-order valence-electron chi connectivity index (χ4n) is 3.31. The second kappa shape index (κ2) is 24.1. The normalized spacial score (nSPS) is 11.1. The molecule has 1 unspecified atom stereocenters. The quantitative estimate of drug-likeness (QED) is 0.172. The predicted octanol–water partition coefficient (Wildman–Crippen LogP) is 8.09. The number of carbonyl (C=O) groups is 2. The molecule has 1 heterocycles. The number of ketones is 2. The molecule has 0 amide bonds. The van der Waals surface area contributed by atoms with Crippen LogP contribution in [0.1, 0.15) is 82.9 Å². The van der Waals surface area contributed by atoms with E-state index in [2.05, 4.69) is 28.7 Å². The highest BCUT2D eigenvalue weighted by molar-refractivity contribution is 5.96. The number of nitrogens with zero attached hydrogens (tertiary/aromatic N) is 2. The lowest BCUT2D eigenvalue weighted by molar-refractivity contribution is -0.115. The van der Waals surface area contributed by atoms with E-state index < -0.39 is 0 Å². The Kier molecular flexibility index (Phi) is 23.4. The summed E-state index contributed by atoms with van der Waals surface area (Å²) in [6.07, 6.45) is 15.7. The summed E-state index contributed by atoms with van der Waals surface area (Å²) in [6.45, 7) is 14.7. The van der Waals surface area contributed by atoms with Crippen molar-refractivity contribution in [3.8, 4) is 11.1 Å². The number of benzene rings is 1. The van der Waals surface area contributed by atoms with Crippen LogP contribution in [-0.4, -0.2) is 40.4 Å². The van der Waals surface area contributed by atoms with Gasteiger partial charge in [0.25, 0.3) is 0 Å². The molecule has 0 aliphatic heterocycles. The topological polar surface area (TPSA) is 80.2 Å². The van der Waals surface area contributed by atoms with E-state index in [4.69, 9.17) is 0 Å². The summed E-state index contributed by atoms with van der Waals surface area (Å²) in [7, 11) is 0.500. The molecule has 6 heteroatoms. The molecule has 0 aliphatic carbocycles. The number of aromatic nitrogens is 2. The monoisotopic (exact) mass is 526 g/mol. The first-order valence-corrected chi connectivity index (χ1v) is 13.1. The third-order valence-corrected chi connectivity index (χ3v) is 5.20. The number of rotatable bonds is 12. The summed E-state index contributed by atoms with van der Waals surface area (Å²) in [5.41, 5.74) is 3.87. The molecule has 2 aromatic rings. The van der Waals surface area contributed by atoms with Crippen molar-refractivity contribution in [2.24, 2.45) is 5.92 Å². The summed E-state index contributed by atoms with van der Waals surface area (Å²) in [5.74, 6) is 0.972. The van der Waals surface area contributed by atoms with Gasteiger partial charge >= 0.3 is 0 Å². The molecule has 210 valence electrons. The van der Waals surface area contributed by atoms with Crippen LogP contribution in [0.15, 0.2) is 73.1 Å². The first-order chi connectivity index (χ1) is 18.3. The van der Waals surface area contributed by atoms with Gasteiger partial charge in [-0.25, -0.2) is 9.97 Å². The number of hydrogen-bond donors (Lipinski definition) is 1. The van der Waals surface area contributed by atoms with Gasteiger partial charge in [-0.2, -0.15) is 0 Å². The van der Waals surface area contributed by atoms with Gasteiger partial charge in [0, 0.05) is 36.5 Å². The fourth-order valence-corrected chi connectivity index (χ4v) is 3.31. The maximum Gasteiger partial charge on any atom is 0.163 e. The Bertz CT molecular complexity index is 961. The number of allylic oxidation sites excluding steroid dienone is 5. The van der Waals surface area contributed by atoms with Gasteiger partial charge in [0.05, 0.1) is 7.18 Å². The molecule has 5 nitrogen and oxygen atoms in total.